The standard InChI is InChI=1S/C12H15ClN4/c1-8-3-10(4-9(2)14)5-15-12(8)17-7-11(13)6-16-17/h3,5-7,9H,4,14H2,1-2H3. The van der Waals surface area contributed by atoms with Crippen molar-refractivity contribution in [1.29, 1.82) is 0 Å². The Bertz CT molecular complexity index is 519. The number of nitrogens with zero attached hydrogens (tertiary/aromatic N) is 3. The largest absolute Gasteiger partial charge is 0.328 e. The fourth-order valence-corrected chi connectivity index (χ4v) is 1.90. The van der Waals surface area contributed by atoms with Crippen molar-refractivity contribution in [1.82, 2.24) is 14.8 Å². The maximum Gasteiger partial charge on any atom is 0.156 e. The van der Waals surface area contributed by atoms with Crippen LogP contribution in [0.5, 0.6) is 0 Å². The lowest BCUT2D eigenvalue weighted by Crippen LogP contribution is -2.18. The molecule has 90 valence electrons. The van der Waals surface area contributed by atoms with Gasteiger partial charge in [-0.25, -0.2) is 9.67 Å². The average molecular weight is 251 g/mol. The van der Waals surface area contributed by atoms with Gasteiger partial charge in [0.1, 0.15) is 0 Å². The van der Waals surface area contributed by atoms with E-state index in [2.05, 4.69) is 16.1 Å². The molecular formula is C12H15ClN4. The number of pyridine rings is 1. The van der Waals surface area contributed by atoms with Crippen LogP contribution in [0, 0.1) is 6.92 Å². The third-order valence-corrected chi connectivity index (χ3v) is 2.63. The van der Waals surface area contributed by atoms with Crippen molar-refractivity contribution in [2.45, 2.75) is 26.3 Å². The Hall–Kier alpha value is -1.39. The fourth-order valence-electron chi connectivity index (χ4n) is 1.77. The second kappa shape index (κ2) is 4.85. The van der Waals surface area contributed by atoms with Crippen molar-refractivity contribution < 1.29 is 0 Å². The maximum atomic E-state index is 5.84. The van der Waals surface area contributed by atoms with Gasteiger partial charge in [-0.1, -0.05) is 17.7 Å². The van der Waals surface area contributed by atoms with Crippen molar-refractivity contribution in [3.8, 4) is 5.82 Å². The van der Waals surface area contributed by atoms with Crippen molar-refractivity contribution in [3.05, 3.63) is 40.8 Å². The summed E-state index contributed by atoms with van der Waals surface area (Å²) in [7, 11) is 0. The van der Waals surface area contributed by atoms with E-state index in [9.17, 15) is 0 Å². The Kier molecular flexibility index (Phi) is 3.45. The van der Waals surface area contributed by atoms with Gasteiger partial charge in [0.15, 0.2) is 5.82 Å². The molecule has 0 aliphatic carbocycles. The summed E-state index contributed by atoms with van der Waals surface area (Å²) in [6.45, 7) is 3.99. The maximum absolute atomic E-state index is 5.84. The average Bonchev–Trinajstić information content (AvgIpc) is 2.64. The highest BCUT2D eigenvalue weighted by Gasteiger charge is 2.06. The van der Waals surface area contributed by atoms with Crippen LogP contribution in [0.25, 0.3) is 5.82 Å². The van der Waals surface area contributed by atoms with Gasteiger partial charge in [-0.3, -0.25) is 0 Å². The van der Waals surface area contributed by atoms with Crippen LogP contribution in [-0.2, 0) is 6.42 Å². The smallest absolute Gasteiger partial charge is 0.156 e. The molecule has 0 aliphatic heterocycles. The minimum Gasteiger partial charge on any atom is -0.328 e. The zero-order chi connectivity index (χ0) is 12.4. The summed E-state index contributed by atoms with van der Waals surface area (Å²) in [6.07, 6.45) is 6.00. The van der Waals surface area contributed by atoms with Crippen molar-refractivity contribution in [2.24, 2.45) is 5.73 Å². The van der Waals surface area contributed by atoms with E-state index in [1.54, 1.807) is 17.1 Å². The van der Waals surface area contributed by atoms with E-state index >= 15 is 0 Å². The van der Waals surface area contributed by atoms with E-state index in [1.165, 1.54) is 0 Å². The van der Waals surface area contributed by atoms with Gasteiger partial charge in [0, 0.05) is 12.2 Å². The zero-order valence-corrected chi connectivity index (χ0v) is 10.6. The second-order valence-electron chi connectivity index (χ2n) is 4.27. The monoisotopic (exact) mass is 250 g/mol. The lowest BCUT2D eigenvalue weighted by Gasteiger charge is -2.09. The number of hydrogen-bond acceptors (Lipinski definition) is 3. The van der Waals surface area contributed by atoms with Crippen LogP contribution >= 0.6 is 11.6 Å². The van der Waals surface area contributed by atoms with E-state index in [4.69, 9.17) is 17.3 Å². The lowest BCUT2D eigenvalue weighted by atomic mass is 10.1. The summed E-state index contributed by atoms with van der Waals surface area (Å²) in [6, 6.07) is 2.22. The third-order valence-electron chi connectivity index (χ3n) is 2.43. The summed E-state index contributed by atoms with van der Waals surface area (Å²) in [5.41, 5.74) is 7.96. The molecule has 1 unspecified atom stereocenters. The number of aromatic nitrogens is 3. The van der Waals surface area contributed by atoms with Crippen molar-refractivity contribution in [3.63, 3.8) is 0 Å². The van der Waals surface area contributed by atoms with Gasteiger partial charge < -0.3 is 5.73 Å². The minimum absolute atomic E-state index is 0.140. The Morgan fingerprint density at radius 3 is 2.76 bits per heavy atom. The molecule has 0 amide bonds. The summed E-state index contributed by atoms with van der Waals surface area (Å²) >= 11 is 5.84. The van der Waals surface area contributed by atoms with E-state index in [0.29, 0.717) is 5.02 Å². The van der Waals surface area contributed by atoms with Gasteiger partial charge in [0.2, 0.25) is 0 Å². The molecule has 1 atom stereocenters. The number of nitrogens with two attached hydrogens (primary N) is 1. The molecule has 4 nitrogen and oxygen atoms in total. The number of hydrogen-bond donors (Lipinski definition) is 1. The van der Waals surface area contributed by atoms with Gasteiger partial charge in [-0.15, -0.1) is 0 Å². The summed E-state index contributed by atoms with van der Waals surface area (Å²) in [5.74, 6) is 0.797. The van der Waals surface area contributed by atoms with E-state index in [-0.39, 0.29) is 6.04 Å². The molecule has 2 heterocycles. The van der Waals surface area contributed by atoms with Crippen molar-refractivity contribution in [2.75, 3.05) is 0 Å². The van der Waals surface area contributed by atoms with E-state index < -0.39 is 0 Å². The number of aryl methyl sites for hydroxylation is 1. The van der Waals surface area contributed by atoms with Crippen molar-refractivity contribution >= 4 is 11.6 Å². The van der Waals surface area contributed by atoms with Crippen LogP contribution in [0.15, 0.2) is 24.7 Å². The normalized spacial score (nSPS) is 12.7. The first-order chi connectivity index (χ1) is 8.06. The zero-order valence-electron chi connectivity index (χ0n) is 9.89. The Balaban J connectivity index is 2.31. The van der Waals surface area contributed by atoms with Gasteiger partial charge in [0.05, 0.1) is 17.4 Å². The molecule has 2 rings (SSSR count). The molecule has 2 aromatic heterocycles. The summed E-state index contributed by atoms with van der Waals surface area (Å²) in [5, 5.41) is 4.74. The van der Waals surface area contributed by atoms with Crippen LogP contribution in [0.3, 0.4) is 0 Å². The highest BCUT2D eigenvalue weighted by Crippen LogP contribution is 2.15. The summed E-state index contributed by atoms with van der Waals surface area (Å²) in [4.78, 5) is 4.40. The molecule has 0 radical (unpaired) electrons. The molecule has 2 N–H and O–H groups in total. The number of halogens is 1. The highest BCUT2D eigenvalue weighted by atomic mass is 35.5. The molecule has 0 saturated carbocycles. The quantitative estimate of drug-likeness (QED) is 0.908. The Morgan fingerprint density at radius 1 is 1.47 bits per heavy atom. The highest BCUT2D eigenvalue weighted by molar-refractivity contribution is 6.30. The molecule has 0 aromatic carbocycles. The first kappa shape index (κ1) is 12.1. The van der Waals surface area contributed by atoms with Crippen LogP contribution in [0.1, 0.15) is 18.1 Å². The molecule has 0 aliphatic rings. The van der Waals surface area contributed by atoms with Crippen LogP contribution in [0.4, 0.5) is 0 Å². The van der Waals surface area contributed by atoms with Crippen LogP contribution < -0.4 is 5.73 Å². The Labute approximate surface area is 105 Å². The molecule has 17 heavy (non-hydrogen) atoms. The molecular weight excluding hydrogens is 236 g/mol. The molecule has 2 aromatic rings. The third kappa shape index (κ3) is 2.84. The van der Waals surface area contributed by atoms with E-state index in [0.717, 1.165) is 23.4 Å². The SMILES string of the molecule is Cc1cc(CC(C)N)cnc1-n1cc(Cl)cn1. The topological polar surface area (TPSA) is 56.7 Å². The number of rotatable bonds is 3. The fraction of sp³-hybridized carbons (Fsp3) is 0.333. The van der Waals surface area contributed by atoms with Gasteiger partial charge in [-0.2, -0.15) is 5.10 Å². The van der Waals surface area contributed by atoms with Gasteiger partial charge in [0.25, 0.3) is 0 Å². The van der Waals surface area contributed by atoms with Crippen LogP contribution in [0.2, 0.25) is 5.02 Å². The van der Waals surface area contributed by atoms with Gasteiger partial charge >= 0.3 is 0 Å². The molecule has 0 fully saturated rings. The molecule has 5 heteroatoms. The first-order valence-corrected chi connectivity index (χ1v) is 5.85. The predicted molar refractivity (Wildman–Crippen MR) is 68.5 cm³/mol. The summed E-state index contributed by atoms with van der Waals surface area (Å²) < 4.78 is 1.67. The molecule has 0 saturated heterocycles. The second-order valence-corrected chi connectivity index (χ2v) is 4.71. The Morgan fingerprint density at radius 2 is 2.24 bits per heavy atom. The first-order valence-electron chi connectivity index (χ1n) is 5.48. The molecule has 0 bridgehead atoms. The predicted octanol–water partition coefficient (Wildman–Crippen LogP) is 2.12. The van der Waals surface area contributed by atoms with Gasteiger partial charge in [-0.05, 0) is 31.4 Å². The minimum atomic E-state index is 0.140. The lowest BCUT2D eigenvalue weighted by molar-refractivity contribution is 0.732. The molecule has 0 spiro atoms. The van der Waals surface area contributed by atoms with Crippen LogP contribution in [-0.4, -0.2) is 20.8 Å². The van der Waals surface area contributed by atoms with E-state index in [1.807, 2.05) is 20.0 Å².